The van der Waals surface area contributed by atoms with E-state index in [0.717, 1.165) is 49.9 Å². The monoisotopic (exact) mass is 386 g/mol. The molecule has 0 fully saturated rings. The summed E-state index contributed by atoms with van der Waals surface area (Å²) in [5.41, 5.74) is 12.0. The maximum atomic E-state index is 5.82. The second kappa shape index (κ2) is 6.42. The number of anilines is 3. The molecule has 4 heteroatoms. The molecule has 1 heterocycles. The molecule has 0 amide bonds. The molecule has 0 bridgehead atoms. The van der Waals surface area contributed by atoms with Crippen LogP contribution in [0.3, 0.4) is 0 Å². The van der Waals surface area contributed by atoms with Crippen molar-refractivity contribution in [3.8, 4) is 0 Å². The molecule has 0 atom stereocenters. The highest BCUT2D eigenvalue weighted by Crippen LogP contribution is 2.35. The summed E-state index contributed by atoms with van der Waals surface area (Å²) in [6.45, 7) is 0. The third kappa shape index (κ3) is 2.54. The first-order chi connectivity index (χ1) is 14.8. The number of para-hydroxylation sites is 1. The van der Waals surface area contributed by atoms with Crippen LogP contribution in [0.2, 0.25) is 0 Å². The lowest BCUT2D eigenvalue weighted by Gasteiger charge is -2.13. The van der Waals surface area contributed by atoms with Crippen LogP contribution in [-0.4, -0.2) is 9.97 Å². The number of rotatable bonds is 2. The molecule has 0 radical (unpaired) electrons. The minimum atomic E-state index is 0.739. The normalized spacial score (nSPS) is 11.5. The van der Waals surface area contributed by atoms with Crippen LogP contribution in [0.1, 0.15) is 0 Å². The molecule has 142 valence electrons. The van der Waals surface area contributed by atoms with E-state index < -0.39 is 0 Å². The third-order valence-corrected chi connectivity index (χ3v) is 5.54. The van der Waals surface area contributed by atoms with Gasteiger partial charge in [0.1, 0.15) is 5.52 Å². The Morgan fingerprint density at radius 2 is 1.13 bits per heavy atom. The number of nitrogens with zero attached hydrogens (tertiary/aromatic N) is 2. The summed E-state index contributed by atoms with van der Waals surface area (Å²) in [6, 6.07) is 30.6. The second-order valence-electron chi connectivity index (χ2n) is 7.43. The first-order valence-corrected chi connectivity index (χ1v) is 9.90. The predicted octanol–water partition coefficient (Wildman–Crippen LogP) is 6.42. The van der Waals surface area contributed by atoms with Crippen molar-refractivity contribution in [1.82, 2.24) is 9.97 Å². The number of aromatic nitrogens is 2. The van der Waals surface area contributed by atoms with Crippen molar-refractivity contribution in [2.75, 3.05) is 11.1 Å². The number of nitrogens with two attached hydrogens (primary N) is 1. The summed E-state index contributed by atoms with van der Waals surface area (Å²) >= 11 is 0. The molecule has 0 aliphatic heterocycles. The average Bonchev–Trinajstić information content (AvgIpc) is 2.80. The average molecular weight is 386 g/mol. The van der Waals surface area contributed by atoms with Crippen LogP contribution >= 0.6 is 0 Å². The van der Waals surface area contributed by atoms with Gasteiger partial charge in [-0.3, -0.25) is 0 Å². The van der Waals surface area contributed by atoms with Gasteiger partial charge in [0.05, 0.1) is 22.2 Å². The minimum Gasteiger partial charge on any atom is -0.399 e. The van der Waals surface area contributed by atoms with Crippen LogP contribution < -0.4 is 11.1 Å². The SMILES string of the molecule is Nc1ccc(Nc2cccc3nc4c5ccccc5c5ccccc5c4nc23)cc1. The fourth-order valence-corrected chi connectivity index (χ4v) is 4.12. The molecule has 0 unspecified atom stereocenters. The molecule has 4 nitrogen and oxygen atoms in total. The zero-order valence-electron chi connectivity index (χ0n) is 16.1. The van der Waals surface area contributed by atoms with Gasteiger partial charge in [-0.2, -0.15) is 0 Å². The zero-order chi connectivity index (χ0) is 20.1. The Kier molecular flexibility index (Phi) is 3.59. The first kappa shape index (κ1) is 16.7. The van der Waals surface area contributed by atoms with Crippen molar-refractivity contribution >= 4 is 60.7 Å². The molecule has 0 spiro atoms. The lowest BCUT2D eigenvalue weighted by Crippen LogP contribution is -1.96. The van der Waals surface area contributed by atoms with E-state index in [1.165, 1.54) is 10.8 Å². The summed E-state index contributed by atoms with van der Waals surface area (Å²) in [5.74, 6) is 0. The number of hydrogen-bond donors (Lipinski definition) is 2. The molecule has 0 saturated heterocycles. The Morgan fingerprint density at radius 1 is 0.533 bits per heavy atom. The van der Waals surface area contributed by atoms with Gasteiger partial charge >= 0.3 is 0 Å². The second-order valence-corrected chi connectivity index (χ2v) is 7.43. The van der Waals surface area contributed by atoms with Gasteiger partial charge < -0.3 is 11.1 Å². The van der Waals surface area contributed by atoms with Crippen LogP contribution in [-0.2, 0) is 0 Å². The van der Waals surface area contributed by atoms with Crippen LogP contribution in [0.15, 0.2) is 91.0 Å². The lowest BCUT2D eigenvalue weighted by atomic mass is 9.99. The molecule has 6 aromatic rings. The van der Waals surface area contributed by atoms with Crippen molar-refractivity contribution < 1.29 is 0 Å². The van der Waals surface area contributed by atoms with E-state index in [1.807, 2.05) is 42.5 Å². The highest BCUT2D eigenvalue weighted by Gasteiger charge is 2.13. The van der Waals surface area contributed by atoms with Crippen molar-refractivity contribution in [2.24, 2.45) is 0 Å². The molecule has 0 aliphatic carbocycles. The van der Waals surface area contributed by atoms with Crippen LogP contribution in [0.4, 0.5) is 17.1 Å². The number of benzene rings is 5. The van der Waals surface area contributed by atoms with Gasteiger partial charge in [0, 0.05) is 22.1 Å². The van der Waals surface area contributed by atoms with E-state index in [2.05, 4.69) is 53.8 Å². The molecule has 3 N–H and O–H groups in total. The highest BCUT2D eigenvalue weighted by atomic mass is 14.9. The summed E-state index contributed by atoms with van der Waals surface area (Å²) in [6.07, 6.45) is 0. The van der Waals surface area contributed by atoms with Gasteiger partial charge in [-0.05, 0) is 47.2 Å². The van der Waals surface area contributed by atoms with Gasteiger partial charge in [0.25, 0.3) is 0 Å². The van der Waals surface area contributed by atoms with Crippen molar-refractivity contribution in [1.29, 1.82) is 0 Å². The van der Waals surface area contributed by atoms with Gasteiger partial charge in [-0.15, -0.1) is 0 Å². The first-order valence-electron chi connectivity index (χ1n) is 9.90. The van der Waals surface area contributed by atoms with Crippen LogP contribution in [0.5, 0.6) is 0 Å². The number of hydrogen-bond acceptors (Lipinski definition) is 4. The summed E-state index contributed by atoms with van der Waals surface area (Å²) in [7, 11) is 0. The topological polar surface area (TPSA) is 63.8 Å². The van der Waals surface area contributed by atoms with E-state index in [-0.39, 0.29) is 0 Å². The Bertz CT molecular complexity index is 1570. The van der Waals surface area contributed by atoms with Gasteiger partial charge in [0.15, 0.2) is 0 Å². The predicted molar refractivity (Wildman–Crippen MR) is 126 cm³/mol. The highest BCUT2D eigenvalue weighted by molar-refractivity contribution is 6.24. The lowest BCUT2D eigenvalue weighted by molar-refractivity contribution is 1.41. The van der Waals surface area contributed by atoms with Gasteiger partial charge in [-0.1, -0.05) is 54.6 Å². The number of nitrogen functional groups attached to an aromatic ring is 1. The van der Waals surface area contributed by atoms with Crippen LogP contribution in [0, 0.1) is 0 Å². The summed E-state index contributed by atoms with van der Waals surface area (Å²) in [5, 5.41) is 8.09. The van der Waals surface area contributed by atoms with Crippen molar-refractivity contribution in [2.45, 2.75) is 0 Å². The standard InChI is InChI=1S/C26H18N4/c27-16-12-14-17(15-13-16)28-22-10-5-11-23-26(22)30-25-21-9-4-2-7-19(21)18-6-1-3-8-20(18)24(25)29-23/h1-15,28H,27H2. The smallest absolute Gasteiger partial charge is 0.113 e. The van der Waals surface area contributed by atoms with Crippen molar-refractivity contribution in [3.63, 3.8) is 0 Å². The largest absolute Gasteiger partial charge is 0.399 e. The molecule has 0 aliphatic rings. The molecule has 30 heavy (non-hydrogen) atoms. The third-order valence-electron chi connectivity index (χ3n) is 5.54. The fraction of sp³-hybridized carbons (Fsp3) is 0. The molecule has 0 saturated carbocycles. The zero-order valence-corrected chi connectivity index (χ0v) is 16.1. The van der Waals surface area contributed by atoms with E-state index >= 15 is 0 Å². The molecular weight excluding hydrogens is 368 g/mol. The maximum Gasteiger partial charge on any atom is 0.113 e. The van der Waals surface area contributed by atoms with E-state index in [0.29, 0.717) is 0 Å². The van der Waals surface area contributed by atoms with E-state index in [4.69, 9.17) is 15.7 Å². The Balaban J connectivity index is 1.68. The molecule has 5 aromatic carbocycles. The Morgan fingerprint density at radius 3 is 1.80 bits per heavy atom. The van der Waals surface area contributed by atoms with Gasteiger partial charge in [0.2, 0.25) is 0 Å². The fourth-order valence-electron chi connectivity index (χ4n) is 4.12. The maximum absolute atomic E-state index is 5.82. The molecule has 6 rings (SSSR count). The van der Waals surface area contributed by atoms with Crippen LogP contribution in [0.25, 0.3) is 43.6 Å². The molecular formula is C26H18N4. The van der Waals surface area contributed by atoms with E-state index in [1.54, 1.807) is 0 Å². The quantitative estimate of drug-likeness (QED) is 0.205. The number of fused-ring (bicyclic) bond motifs is 7. The van der Waals surface area contributed by atoms with Crippen molar-refractivity contribution in [3.05, 3.63) is 91.0 Å². The minimum absolute atomic E-state index is 0.739. The summed E-state index contributed by atoms with van der Waals surface area (Å²) in [4.78, 5) is 10.2. The Labute approximate surface area is 173 Å². The van der Waals surface area contributed by atoms with E-state index in [9.17, 15) is 0 Å². The number of nitrogens with one attached hydrogen (secondary N) is 1. The van der Waals surface area contributed by atoms with Gasteiger partial charge in [-0.25, -0.2) is 9.97 Å². The Hall–Kier alpha value is -4.18. The molecule has 1 aromatic heterocycles. The summed E-state index contributed by atoms with van der Waals surface area (Å²) < 4.78 is 0.